The average Bonchev–Trinajstić information content (AvgIpc) is 2.62. The molecule has 0 saturated carbocycles. The predicted molar refractivity (Wildman–Crippen MR) is 92.9 cm³/mol. The van der Waals surface area contributed by atoms with E-state index in [0.717, 1.165) is 5.56 Å². The van der Waals surface area contributed by atoms with E-state index in [1.54, 1.807) is 24.8 Å². The molecule has 1 aliphatic rings. The number of piperidine rings is 1. The molecule has 2 rings (SSSR count). The number of nitrogens with one attached hydrogen (secondary N) is 1. The van der Waals surface area contributed by atoms with Gasteiger partial charge in [0.15, 0.2) is 6.61 Å². The van der Waals surface area contributed by atoms with Gasteiger partial charge in [0.25, 0.3) is 5.91 Å². The Bertz CT molecular complexity index is 668. The van der Waals surface area contributed by atoms with Crippen LogP contribution in [0.5, 0.6) is 5.75 Å². The van der Waals surface area contributed by atoms with E-state index in [9.17, 15) is 19.5 Å². The summed E-state index contributed by atoms with van der Waals surface area (Å²) in [5.41, 5.74) is 0.827. The number of hydrogen-bond donors (Lipinski definition) is 2. The molecular weight excluding hydrogens is 340 g/mol. The van der Waals surface area contributed by atoms with Gasteiger partial charge < -0.3 is 24.8 Å². The van der Waals surface area contributed by atoms with Gasteiger partial charge in [0.2, 0.25) is 0 Å². The maximum atomic E-state index is 12.0. The van der Waals surface area contributed by atoms with Crippen LogP contribution in [-0.2, 0) is 14.3 Å². The lowest BCUT2D eigenvalue weighted by atomic mass is 10.1. The van der Waals surface area contributed by atoms with Crippen molar-refractivity contribution < 1.29 is 29.0 Å². The minimum Gasteiger partial charge on any atom is -0.507 e. The van der Waals surface area contributed by atoms with Gasteiger partial charge in [0.1, 0.15) is 11.3 Å². The van der Waals surface area contributed by atoms with Crippen molar-refractivity contribution >= 4 is 18.0 Å². The van der Waals surface area contributed by atoms with E-state index >= 15 is 0 Å². The molecule has 2 N–H and O–H groups in total. The Hall–Kier alpha value is -2.77. The summed E-state index contributed by atoms with van der Waals surface area (Å²) in [6.07, 6.45) is 0.873. The number of nitrogens with zero attached hydrogens (tertiary/aromatic N) is 1. The molecule has 1 fully saturated rings. The molecular formula is C18H24N2O6. The van der Waals surface area contributed by atoms with Gasteiger partial charge in [0.05, 0.1) is 6.61 Å². The molecule has 8 nitrogen and oxygen atoms in total. The lowest BCUT2D eigenvalue weighted by molar-refractivity contribution is -0.125. The normalized spacial score (nSPS) is 14.6. The molecule has 0 atom stereocenters. The molecule has 0 aromatic heterocycles. The molecule has 0 radical (unpaired) electrons. The van der Waals surface area contributed by atoms with Crippen molar-refractivity contribution in [2.75, 3.05) is 26.3 Å². The zero-order chi connectivity index (χ0) is 19.1. The predicted octanol–water partition coefficient (Wildman–Crippen LogP) is 1.59. The van der Waals surface area contributed by atoms with Crippen molar-refractivity contribution in [3.05, 3.63) is 29.3 Å². The van der Waals surface area contributed by atoms with Crippen molar-refractivity contribution in [3.8, 4) is 5.75 Å². The van der Waals surface area contributed by atoms with Gasteiger partial charge in [-0.25, -0.2) is 9.59 Å². The lowest BCUT2D eigenvalue weighted by Crippen LogP contribution is -2.47. The summed E-state index contributed by atoms with van der Waals surface area (Å²) in [6, 6.07) is 4.49. The maximum Gasteiger partial charge on any atom is 0.409 e. The van der Waals surface area contributed by atoms with Crippen LogP contribution in [0.1, 0.15) is 35.7 Å². The highest BCUT2D eigenvalue weighted by Crippen LogP contribution is 2.19. The molecule has 1 aromatic rings. The molecule has 1 aliphatic heterocycles. The molecule has 1 heterocycles. The Labute approximate surface area is 152 Å². The van der Waals surface area contributed by atoms with Gasteiger partial charge in [-0.3, -0.25) is 4.79 Å². The first kappa shape index (κ1) is 19.6. The lowest BCUT2D eigenvalue weighted by Gasteiger charge is -2.31. The number of likely N-dealkylation sites (tertiary alicyclic amines) is 1. The number of ether oxygens (including phenoxy) is 2. The number of amides is 2. The summed E-state index contributed by atoms with van der Waals surface area (Å²) >= 11 is 0. The second kappa shape index (κ2) is 9.07. The summed E-state index contributed by atoms with van der Waals surface area (Å²) in [5, 5.41) is 12.5. The number of aromatic hydroxyl groups is 1. The van der Waals surface area contributed by atoms with Crippen LogP contribution >= 0.6 is 0 Å². The third-order valence-electron chi connectivity index (χ3n) is 4.09. The molecule has 1 saturated heterocycles. The first-order valence-corrected chi connectivity index (χ1v) is 8.58. The molecule has 8 heteroatoms. The van der Waals surface area contributed by atoms with E-state index in [4.69, 9.17) is 9.47 Å². The van der Waals surface area contributed by atoms with E-state index in [1.807, 2.05) is 0 Å². The smallest absolute Gasteiger partial charge is 0.409 e. The van der Waals surface area contributed by atoms with Gasteiger partial charge in [-0.2, -0.15) is 0 Å². The minimum absolute atomic E-state index is 0.0283. The van der Waals surface area contributed by atoms with E-state index in [-0.39, 0.29) is 23.4 Å². The third-order valence-corrected chi connectivity index (χ3v) is 4.09. The topological polar surface area (TPSA) is 105 Å². The third kappa shape index (κ3) is 5.37. The molecule has 1 aromatic carbocycles. The van der Waals surface area contributed by atoms with Gasteiger partial charge in [-0.15, -0.1) is 0 Å². The number of phenols is 1. The molecule has 0 aliphatic carbocycles. The van der Waals surface area contributed by atoms with Crippen molar-refractivity contribution in [2.24, 2.45) is 0 Å². The van der Waals surface area contributed by atoms with Crippen LogP contribution in [0.3, 0.4) is 0 Å². The number of carbonyl (C=O) groups excluding carboxylic acids is 3. The molecule has 26 heavy (non-hydrogen) atoms. The highest BCUT2D eigenvalue weighted by Gasteiger charge is 2.25. The van der Waals surface area contributed by atoms with Crippen LogP contribution in [0.2, 0.25) is 0 Å². The number of esters is 1. The number of carbonyl (C=O) groups is 3. The summed E-state index contributed by atoms with van der Waals surface area (Å²) in [6.45, 7) is 4.44. The number of hydrogen-bond acceptors (Lipinski definition) is 6. The summed E-state index contributed by atoms with van der Waals surface area (Å²) < 4.78 is 9.91. The molecule has 0 unspecified atom stereocenters. The number of rotatable bonds is 5. The Kier molecular flexibility index (Phi) is 6.82. The quantitative estimate of drug-likeness (QED) is 0.769. The number of benzene rings is 1. The standard InChI is InChI=1S/C18H24N2O6/c1-3-25-18(24)20-8-6-13(7-9-20)19-16(22)11-26-17(23)14-10-12(2)4-5-15(14)21/h4-5,10,13,21H,3,6-9,11H2,1-2H3,(H,19,22). The van der Waals surface area contributed by atoms with Gasteiger partial charge >= 0.3 is 12.1 Å². The summed E-state index contributed by atoms with van der Waals surface area (Å²) in [4.78, 5) is 37.2. The summed E-state index contributed by atoms with van der Waals surface area (Å²) in [7, 11) is 0. The number of phenolic OH excluding ortho intramolecular Hbond substituents is 1. The maximum absolute atomic E-state index is 12.0. The van der Waals surface area contributed by atoms with Crippen LogP contribution in [-0.4, -0.2) is 60.3 Å². The van der Waals surface area contributed by atoms with Crippen LogP contribution in [0.15, 0.2) is 18.2 Å². The van der Waals surface area contributed by atoms with Gasteiger partial charge in [-0.05, 0) is 38.8 Å². The van der Waals surface area contributed by atoms with Crippen LogP contribution in [0, 0.1) is 6.92 Å². The van der Waals surface area contributed by atoms with Crippen LogP contribution in [0.25, 0.3) is 0 Å². The Morgan fingerprint density at radius 2 is 1.92 bits per heavy atom. The molecule has 142 valence electrons. The number of aryl methyl sites for hydroxylation is 1. The van der Waals surface area contributed by atoms with Crippen molar-refractivity contribution in [3.63, 3.8) is 0 Å². The Morgan fingerprint density at radius 1 is 1.23 bits per heavy atom. The molecule has 0 bridgehead atoms. The van der Waals surface area contributed by atoms with E-state index in [1.165, 1.54) is 12.1 Å². The van der Waals surface area contributed by atoms with Gasteiger partial charge in [0, 0.05) is 19.1 Å². The zero-order valence-corrected chi connectivity index (χ0v) is 15.0. The second-order valence-electron chi connectivity index (χ2n) is 6.12. The zero-order valence-electron chi connectivity index (χ0n) is 15.0. The Balaban J connectivity index is 1.75. The minimum atomic E-state index is -0.751. The SMILES string of the molecule is CCOC(=O)N1CCC(NC(=O)COC(=O)c2cc(C)ccc2O)CC1. The molecule has 2 amide bonds. The first-order valence-electron chi connectivity index (χ1n) is 8.58. The van der Waals surface area contributed by atoms with Crippen molar-refractivity contribution in [1.29, 1.82) is 0 Å². The average molecular weight is 364 g/mol. The summed E-state index contributed by atoms with van der Waals surface area (Å²) in [5.74, 6) is -1.36. The van der Waals surface area contributed by atoms with Crippen LogP contribution < -0.4 is 5.32 Å². The fourth-order valence-electron chi connectivity index (χ4n) is 2.71. The van der Waals surface area contributed by atoms with Crippen LogP contribution in [0.4, 0.5) is 4.79 Å². The van der Waals surface area contributed by atoms with Gasteiger partial charge in [-0.1, -0.05) is 11.6 Å². The largest absolute Gasteiger partial charge is 0.507 e. The van der Waals surface area contributed by atoms with Crippen molar-refractivity contribution in [1.82, 2.24) is 10.2 Å². The highest BCUT2D eigenvalue weighted by atomic mass is 16.6. The van der Waals surface area contributed by atoms with E-state index in [0.29, 0.717) is 32.5 Å². The fraction of sp³-hybridized carbons (Fsp3) is 0.500. The monoisotopic (exact) mass is 364 g/mol. The fourth-order valence-corrected chi connectivity index (χ4v) is 2.71. The molecule has 0 spiro atoms. The van der Waals surface area contributed by atoms with Crippen molar-refractivity contribution in [2.45, 2.75) is 32.7 Å². The van der Waals surface area contributed by atoms with E-state index in [2.05, 4.69) is 5.32 Å². The Morgan fingerprint density at radius 3 is 2.58 bits per heavy atom. The first-order chi connectivity index (χ1) is 12.4. The second-order valence-corrected chi connectivity index (χ2v) is 6.12. The highest BCUT2D eigenvalue weighted by molar-refractivity contribution is 5.94. The van der Waals surface area contributed by atoms with E-state index < -0.39 is 18.5 Å².